The number of nitrogens with two attached hydrogens (primary N) is 1. The zero-order valence-electron chi connectivity index (χ0n) is 10.5. The predicted octanol–water partition coefficient (Wildman–Crippen LogP) is 1.39. The highest BCUT2D eigenvalue weighted by Crippen LogP contribution is 2.21. The molecule has 18 heavy (non-hydrogen) atoms. The van der Waals surface area contributed by atoms with Crippen LogP contribution in [0.25, 0.3) is 0 Å². The summed E-state index contributed by atoms with van der Waals surface area (Å²) in [7, 11) is 0. The van der Waals surface area contributed by atoms with Crippen molar-refractivity contribution in [1.29, 1.82) is 0 Å². The minimum Gasteiger partial charge on any atom is -0.396 e. The third-order valence-corrected chi connectivity index (χ3v) is 2.62. The van der Waals surface area contributed by atoms with Gasteiger partial charge in [0.2, 0.25) is 0 Å². The minimum atomic E-state index is -0.514. The second-order valence-electron chi connectivity index (χ2n) is 4.40. The minimum absolute atomic E-state index is 0.0103. The van der Waals surface area contributed by atoms with E-state index in [9.17, 15) is 10.1 Å². The van der Waals surface area contributed by atoms with Crippen molar-refractivity contribution >= 4 is 17.3 Å². The van der Waals surface area contributed by atoms with Crippen LogP contribution < -0.4 is 11.1 Å². The molecule has 0 amide bonds. The predicted molar refractivity (Wildman–Crippen MR) is 69.3 cm³/mol. The topological polar surface area (TPSA) is 114 Å². The second kappa shape index (κ2) is 6.15. The Morgan fingerprint density at radius 2 is 2.22 bits per heavy atom. The summed E-state index contributed by atoms with van der Waals surface area (Å²) in [6, 6.07) is 2.54. The van der Waals surface area contributed by atoms with Crippen molar-refractivity contribution in [3.63, 3.8) is 0 Å². The lowest BCUT2D eigenvalue weighted by Gasteiger charge is -2.22. The first-order valence-corrected chi connectivity index (χ1v) is 5.73. The number of hydrogen-bond donors (Lipinski definition) is 3. The van der Waals surface area contributed by atoms with Gasteiger partial charge in [0.15, 0.2) is 0 Å². The van der Waals surface area contributed by atoms with Crippen molar-refractivity contribution in [3.8, 4) is 0 Å². The largest absolute Gasteiger partial charge is 0.396 e. The molecule has 0 aromatic carbocycles. The summed E-state index contributed by atoms with van der Waals surface area (Å²) < 4.78 is 0. The fourth-order valence-corrected chi connectivity index (χ4v) is 1.62. The second-order valence-corrected chi connectivity index (χ2v) is 4.40. The lowest BCUT2D eigenvalue weighted by molar-refractivity contribution is -0.384. The molecule has 0 saturated heterocycles. The van der Waals surface area contributed by atoms with Gasteiger partial charge in [-0.1, -0.05) is 13.8 Å². The van der Waals surface area contributed by atoms with E-state index >= 15 is 0 Å². The molecule has 1 aromatic rings. The molecule has 1 unspecified atom stereocenters. The first-order chi connectivity index (χ1) is 8.43. The van der Waals surface area contributed by atoms with Crippen molar-refractivity contribution in [3.05, 3.63) is 22.2 Å². The molecule has 1 aromatic heterocycles. The molecule has 1 heterocycles. The number of aliphatic hydroxyl groups is 1. The Balaban J connectivity index is 2.91. The van der Waals surface area contributed by atoms with E-state index in [1.165, 1.54) is 12.1 Å². The molecular formula is C11H18N4O3. The van der Waals surface area contributed by atoms with E-state index < -0.39 is 4.92 Å². The van der Waals surface area contributed by atoms with Gasteiger partial charge >= 0.3 is 0 Å². The number of nitrogens with one attached hydrogen (secondary N) is 1. The molecule has 7 heteroatoms. The van der Waals surface area contributed by atoms with Crippen LogP contribution in [0.5, 0.6) is 0 Å². The summed E-state index contributed by atoms with van der Waals surface area (Å²) in [5.41, 5.74) is 5.42. The summed E-state index contributed by atoms with van der Waals surface area (Å²) in [5, 5.41) is 22.7. The van der Waals surface area contributed by atoms with Crippen LogP contribution in [0, 0.1) is 16.0 Å². The van der Waals surface area contributed by atoms with Gasteiger partial charge in [-0.15, -0.1) is 0 Å². The van der Waals surface area contributed by atoms with Gasteiger partial charge in [-0.2, -0.15) is 0 Å². The Hall–Kier alpha value is -1.89. The fraction of sp³-hybridized carbons (Fsp3) is 0.545. The van der Waals surface area contributed by atoms with Gasteiger partial charge in [0.05, 0.1) is 17.1 Å². The number of nitrogens with zero attached hydrogens (tertiary/aromatic N) is 2. The number of pyridine rings is 1. The zero-order chi connectivity index (χ0) is 13.7. The lowest BCUT2D eigenvalue weighted by Crippen LogP contribution is -2.27. The first-order valence-electron chi connectivity index (χ1n) is 5.73. The number of hydrogen-bond acceptors (Lipinski definition) is 6. The van der Waals surface area contributed by atoms with E-state index in [2.05, 4.69) is 10.3 Å². The van der Waals surface area contributed by atoms with Gasteiger partial charge in [0, 0.05) is 12.6 Å². The molecule has 0 fully saturated rings. The Morgan fingerprint density at radius 3 is 2.72 bits per heavy atom. The van der Waals surface area contributed by atoms with Crippen molar-refractivity contribution in [2.45, 2.75) is 26.3 Å². The average Bonchev–Trinajstić information content (AvgIpc) is 2.27. The van der Waals surface area contributed by atoms with Gasteiger partial charge in [-0.3, -0.25) is 10.1 Å². The van der Waals surface area contributed by atoms with Gasteiger partial charge in [-0.05, 0) is 12.3 Å². The van der Waals surface area contributed by atoms with Crippen LogP contribution in [-0.2, 0) is 0 Å². The molecule has 100 valence electrons. The number of rotatable bonds is 6. The van der Waals surface area contributed by atoms with E-state index in [0.717, 1.165) is 0 Å². The Labute approximate surface area is 105 Å². The highest BCUT2D eigenvalue weighted by Gasteiger charge is 2.16. The molecule has 0 aliphatic heterocycles. The van der Waals surface area contributed by atoms with E-state index in [4.69, 9.17) is 10.8 Å². The normalized spacial score (nSPS) is 12.4. The molecule has 0 aliphatic rings. The van der Waals surface area contributed by atoms with Crippen LogP contribution in [0.15, 0.2) is 12.1 Å². The SMILES string of the molecule is CC(C)C(CCO)Nc1cc([N+](=O)[O-])cc(N)n1. The smallest absolute Gasteiger partial charge is 0.276 e. The van der Waals surface area contributed by atoms with E-state index in [1.54, 1.807) is 0 Å². The highest BCUT2D eigenvalue weighted by atomic mass is 16.6. The van der Waals surface area contributed by atoms with Crippen LogP contribution in [-0.4, -0.2) is 27.7 Å². The van der Waals surface area contributed by atoms with Crippen molar-refractivity contribution in [2.24, 2.45) is 5.92 Å². The molecule has 0 bridgehead atoms. The van der Waals surface area contributed by atoms with Crippen LogP contribution in [0.4, 0.5) is 17.3 Å². The van der Waals surface area contributed by atoms with Gasteiger partial charge in [0.25, 0.3) is 5.69 Å². The van der Waals surface area contributed by atoms with Gasteiger partial charge < -0.3 is 16.2 Å². The zero-order valence-corrected chi connectivity index (χ0v) is 10.5. The van der Waals surface area contributed by atoms with Gasteiger partial charge in [0.1, 0.15) is 11.6 Å². The third kappa shape index (κ3) is 3.85. The van der Waals surface area contributed by atoms with Gasteiger partial charge in [-0.25, -0.2) is 4.98 Å². The molecular weight excluding hydrogens is 236 g/mol. The summed E-state index contributed by atoms with van der Waals surface area (Å²) >= 11 is 0. The summed E-state index contributed by atoms with van der Waals surface area (Å²) in [6.45, 7) is 4.03. The third-order valence-electron chi connectivity index (χ3n) is 2.62. The number of nitrogen functional groups attached to an aromatic ring is 1. The molecule has 0 aliphatic carbocycles. The standard InChI is InChI=1S/C11H18N4O3/c1-7(2)9(3-4-16)13-11-6-8(15(17)18)5-10(12)14-11/h5-7,9,16H,3-4H2,1-2H3,(H3,12,13,14). The molecule has 0 spiro atoms. The van der Waals surface area contributed by atoms with E-state index in [1.807, 2.05) is 13.8 Å². The number of aliphatic hydroxyl groups excluding tert-OH is 1. The molecule has 1 rings (SSSR count). The van der Waals surface area contributed by atoms with E-state index in [-0.39, 0.29) is 30.1 Å². The Kier molecular flexibility index (Phi) is 4.85. The monoisotopic (exact) mass is 254 g/mol. The molecule has 0 saturated carbocycles. The van der Waals surface area contributed by atoms with E-state index in [0.29, 0.717) is 12.2 Å². The quantitative estimate of drug-likeness (QED) is 0.522. The maximum atomic E-state index is 10.7. The molecule has 1 atom stereocenters. The molecule has 7 nitrogen and oxygen atoms in total. The maximum Gasteiger partial charge on any atom is 0.276 e. The summed E-state index contributed by atoms with van der Waals surface area (Å²) in [6.07, 6.45) is 0.544. The van der Waals surface area contributed by atoms with Crippen LogP contribution >= 0.6 is 0 Å². The first kappa shape index (κ1) is 14.2. The summed E-state index contributed by atoms with van der Waals surface area (Å²) in [5.74, 6) is 0.714. The number of aromatic nitrogens is 1. The van der Waals surface area contributed by atoms with Crippen molar-refractivity contribution < 1.29 is 10.0 Å². The number of anilines is 2. The summed E-state index contributed by atoms with van der Waals surface area (Å²) in [4.78, 5) is 14.2. The number of nitro groups is 1. The van der Waals surface area contributed by atoms with Crippen LogP contribution in [0.3, 0.4) is 0 Å². The fourth-order valence-electron chi connectivity index (χ4n) is 1.62. The maximum absolute atomic E-state index is 10.7. The van der Waals surface area contributed by atoms with Crippen molar-refractivity contribution in [1.82, 2.24) is 4.98 Å². The van der Waals surface area contributed by atoms with Crippen LogP contribution in [0.2, 0.25) is 0 Å². The lowest BCUT2D eigenvalue weighted by atomic mass is 10.0. The van der Waals surface area contributed by atoms with Crippen LogP contribution in [0.1, 0.15) is 20.3 Å². The Bertz CT molecular complexity index is 423. The molecule has 0 radical (unpaired) electrons. The Morgan fingerprint density at radius 1 is 1.56 bits per heavy atom. The molecule has 4 N–H and O–H groups in total. The average molecular weight is 254 g/mol. The highest BCUT2D eigenvalue weighted by molar-refractivity contribution is 5.53. The van der Waals surface area contributed by atoms with Crippen molar-refractivity contribution in [2.75, 3.05) is 17.7 Å².